The van der Waals surface area contributed by atoms with Crippen LogP contribution in [0.5, 0.6) is 11.5 Å². The summed E-state index contributed by atoms with van der Waals surface area (Å²) in [6.07, 6.45) is 1.13. The van der Waals surface area contributed by atoms with E-state index in [1.165, 1.54) is 5.56 Å². The van der Waals surface area contributed by atoms with Crippen molar-refractivity contribution in [1.29, 1.82) is 0 Å². The number of nitrogens with one attached hydrogen (secondary N) is 1. The number of hydrogen-bond donors (Lipinski definition) is 1. The highest BCUT2D eigenvalue weighted by atomic mass is 35.5. The van der Waals surface area contributed by atoms with E-state index in [2.05, 4.69) is 36.2 Å². The van der Waals surface area contributed by atoms with Crippen molar-refractivity contribution in [1.82, 2.24) is 10.2 Å². The van der Waals surface area contributed by atoms with Crippen LogP contribution in [0.3, 0.4) is 0 Å². The van der Waals surface area contributed by atoms with Gasteiger partial charge in [-0.05, 0) is 18.4 Å². The molecule has 0 bridgehead atoms. The van der Waals surface area contributed by atoms with Gasteiger partial charge in [0.05, 0.1) is 14.2 Å². The van der Waals surface area contributed by atoms with Crippen LogP contribution in [0.2, 0.25) is 0 Å². The molecule has 1 atom stereocenters. The molecule has 6 heteroatoms. The lowest BCUT2D eigenvalue weighted by atomic mass is 9.94. The summed E-state index contributed by atoms with van der Waals surface area (Å²) in [4.78, 5) is 2.56. The largest absolute Gasteiger partial charge is 0.493 e. The van der Waals surface area contributed by atoms with Gasteiger partial charge in [-0.15, -0.1) is 24.8 Å². The number of para-hydroxylation sites is 1. The molecule has 23 heavy (non-hydrogen) atoms. The van der Waals surface area contributed by atoms with E-state index in [-0.39, 0.29) is 24.8 Å². The highest BCUT2D eigenvalue weighted by molar-refractivity contribution is 5.85. The van der Waals surface area contributed by atoms with Crippen molar-refractivity contribution < 1.29 is 9.47 Å². The number of hydrogen-bond acceptors (Lipinski definition) is 4. The quantitative estimate of drug-likeness (QED) is 0.836. The van der Waals surface area contributed by atoms with E-state index in [0.717, 1.165) is 44.1 Å². The van der Waals surface area contributed by atoms with Crippen LogP contribution in [0.4, 0.5) is 0 Å². The van der Waals surface area contributed by atoms with Crippen LogP contribution in [0.15, 0.2) is 18.2 Å². The van der Waals surface area contributed by atoms with Gasteiger partial charge in [-0.1, -0.05) is 26.0 Å². The Hall–Kier alpha value is -0.680. The first-order valence-electron chi connectivity index (χ1n) is 7.83. The maximum atomic E-state index is 5.65. The Morgan fingerprint density at radius 1 is 1.09 bits per heavy atom. The standard InChI is InChI=1S/C17H28N2O2.2ClH/c1-13(2)12-15(19-10-8-18-9-11-19)14-6-5-7-16(20-3)17(14)21-4;;/h5-7,13,15,18H,8-12H2,1-4H3;2*1H/t15-;;/m0../s1. The van der Waals surface area contributed by atoms with Gasteiger partial charge in [-0.3, -0.25) is 4.90 Å². The molecule has 1 aromatic carbocycles. The molecule has 1 aliphatic heterocycles. The fraction of sp³-hybridized carbons (Fsp3) is 0.647. The molecule has 1 N–H and O–H groups in total. The highest BCUT2D eigenvalue weighted by Crippen LogP contribution is 2.39. The molecule has 0 radical (unpaired) electrons. The third-order valence-corrected chi connectivity index (χ3v) is 4.08. The third-order valence-electron chi connectivity index (χ3n) is 4.08. The summed E-state index contributed by atoms with van der Waals surface area (Å²) in [5.41, 5.74) is 1.24. The van der Waals surface area contributed by atoms with Crippen LogP contribution in [-0.4, -0.2) is 45.3 Å². The minimum Gasteiger partial charge on any atom is -0.493 e. The molecule has 0 amide bonds. The van der Waals surface area contributed by atoms with Crippen molar-refractivity contribution in [3.05, 3.63) is 23.8 Å². The summed E-state index contributed by atoms with van der Waals surface area (Å²) >= 11 is 0. The van der Waals surface area contributed by atoms with E-state index in [1.807, 2.05) is 6.07 Å². The Labute approximate surface area is 152 Å². The molecule has 2 rings (SSSR count). The fourth-order valence-corrected chi connectivity index (χ4v) is 3.09. The van der Waals surface area contributed by atoms with Gasteiger partial charge in [-0.2, -0.15) is 0 Å². The van der Waals surface area contributed by atoms with Gasteiger partial charge in [0.25, 0.3) is 0 Å². The molecule has 4 nitrogen and oxygen atoms in total. The van der Waals surface area contributed by atoms with Crippen molar-refractivity contribution in [2.75, 3.05) is 40.4 Å². The molecular formula is C17H30Cl2N2O2. The molecule has 134 valence electrons. The van der Waals surface area contributed by atoms with Crippen molar-refractivity contribution in [2.24, 2.45) is 5.92 Å². The lowest BCUT2D eigenvalue weighted by molar-refractivity contribution is 0.151. The zero-order valence-corrected chi connectivity index (χ0v) is 16.1. The number of benzene rings is 1. The predicted octanol–water partition coefficient (Wildman–Crippen LogP) is 3.54. The first kappa shape index (κ1) is 22.3. The van der Waals surface area contributed by atoms with E-state index in [9.17, 15) is 0 Å². The first-order chi connectivity index (χ1) is 10.2. The molecule has 0 aliphatic carbocycles. The highest BCUT2D eigenvalue weighted by Gasteiger charge is 2.26. The van der Waals surface area contributed by atoms with Crippen LogP contribution in [0, 0.1) is 5.92 Å². The maximum Gasteiger partial charge on any atom is 0.165 e. The molecule has 0 spiro atoms. The molecule has 1 aromatic rings. The number of halogens is 2. The Bertz CT molecular complexity index is 452. The number of rotatable bonds is 6. The van der Waals surface area contributed by atoms with Crippen LogP contribution in [-0.2, 0) is 0 Å². The van der Waals surface area contributed by atoms with E-state index in [0.29, 0.717) is 12.0 Å². The summed E-state index contributed by atoms with van der Waals surface area (Å²) in [5.74, 6) is 2.34. The molecular weight excluding hydrogens is 335 g/mol. The average molecular weight is 365 g/mol. The normalized spacial score (nSPS) is 16.2. The third kappa shape index (κ3) is 5.71. The second-order valence-corrected chi connectivity index (χ2v) is 6.01. The molecule has 1 aliphatic rings. The number of methoxy groups -OCH3 is 2. The summed E-state index contributed by atoms with van der Waals surface area (Å²) in [7, 11) is 3.43. The van der Waals surface area contributed by atoms with Crippen LogP contribution >= 0.6 is 24.8 Å². The Kier molecular flexibility index (Phi) is 10.7. The minimum absolute atomic E-state index is 0. The van der Waals surface area contributed by atoms with Crippen molar-refractivity contribution in [3.63, 3.8) is 0 Å². The summed E-state index contributed by atoms with van der Waals surface area (Å²) in [6.45, 7) is 8.83. The topological polar surface area (TPSA) is 33.7 Å². The molecule has 1 heterocycles. The second kappa shape index (κ2) is 11.0. The van der Waals surface area contributed by atoms with E-state index >= 15 is 0 Å². The van der Waals surface area contributed by atoms with Crippen molar-refractivity contribution in [3.8, 4) is 11.5 Å². The summed E-state index contributed by atoms with van der Waals surface area (Å²) in [5, 5.41) is 3.43. The predicted molar refractivity (Wildman–Crippen MR) is 101 cm³/mol. The molecule has 0 aromatic heterocycles. The number of piperazine rings is 1. The molecule has 1 fully saturated rings. The van der Waals surface area contributed by atoms with Crippen molar-refractivity contribution >= 4 is 24.8 Å². The monoisotopic (exact) mass is 364 g/mol. The van der Waals surface area contributed by atoms with Crippen LogP contribution in [0.1, 0.15) is 31.9 Å². The van der Waals surface area contributed by atoms with Gasteiger partial charge < -0.3 is 14.8 Å². The number of ether oxygens (including phenoxy) is 2. The fourth-order valence-electron chi connectivity index (χ4n) is 3.09. The molecule has 0 unspecified atom stereocenters. The second-order valence-electron chi connectivity index (χ2n) is 6.01. The Morgan fingerprint density at radius 3 is 2.26 bits per heavy atom. The molecule has 1 saturated heterocycles. The van der Waals surface area contributed by atoms with Gasteiger partial charge in [0.15, 0.2) is 11.5 Å². The van der Waals surface area contributed by atoms with E-state index in [4.69, 9.17) is 9.47 Å². The van der Waals surface area contributed by atoms with E-state index in [1.54, 1.807) is 14.2 Å². The van der Waals surface area contributed by atoms with Crippen LogP contribution < -0.4 is 14.8 Å². The Balaban J connectivity index is 0.00000242. The number of nitrogens with zero attached hydrogens (tertiary/aromatic N) is 1. The smallest absolute Gasteiger partial charge is 0.165 e. The van der Waals surface area contributed by atoms with E-state index < -0.39 is 0 Å². The first-order valence-corrected chi connectivity index (χ1v) is 7.83. The lowest BCUT2D eigenvalue weighted by Gasteiger charge is -2.37. The Morgan fingerprint density at radius 2 is 1.74 bits per heavy atom. The van der Waals surface area contributed by atoms with Gasteiger partial charge >= 0.3 is 0 Å². The SMILES string of the molecule is COc1cccc([C@H](CC(C)C)N2CCNCC2)c1OC.Cl.Cl. The maximum absolute atomic E-state index is 5.65. The lowest BCUT2D eigenvalue weighted by Crippen LogP contribution is -2.45. The van der Waals surface area contributed by atoms with Crippen LogP contribution in [0.25, 0.3) is 0 Å². The van der Waals surface area contributed by atoms with Gasteiger partial charge in [0, 0.05) is 37.8 Å². The summed E-state index contributed by atoms with van der Waals surface area (Å²) < 4.78 is 11.1. The van der Waals surface area contributed by atoms with Gasteiger partial charge in [0.1, 0.15) is 0 Å². The van der Waals surface area contributed by atoms with Gasteiger partial charge in [0.2, 0.25) is 0 Å². The summed E-state index contributed by atoms with van der Waals surface area (Å²) in [6, 6.07) is 6.59. The zero-order chi connectivity index (χ0) is 15.2. The van der Waals surface area contributed by atoms with Crippen molar-refractivity contribution in [2.45, 2.75) is 26.3 Å². The van der Waals surface area contributed by atoms with Gasteiger partial charge in [-0.25, -0.2) is 0 Å². The zero-order valence-electron chi connectivity index (χ0n) is 14.5. The minimum atomic E-state index is 0. The average Bonchev–Trinajstić information content (AvgIpc) is 2.52. The molecule has 0 saturated carbocycles.